The number of hydrogen-bond acceptors (Lipinski definition) is 3. The third kappa shape index (κ3) is 4.06. The van der Waals surface area contributed by atoms with Crippen LogP contribution < -0.4 is 0 Å². The first-order chi connectivity index (χ1) is 9.15. The standard InChI is InChI=1S/C14H25N3O2S/c1-14(2,3)9-12-10-15-17(11-12)13-5-7-16(8-6-13)20(4,18)19/h10-11,13H,5-9H2,1-4H3. The zero-order valence-electron chi connectivity index (χ0n) is 12.8. The Bertz CT molecular complexity index is 549. The number of aromatic nitrogens is 2. The van der Waals surface area contributed by atoms with Gasteiger partial charge in [0.2, 0.25) is 10.0 Å². The van der Waals surface area contributed by atoms with Gasteiger partial charge in [0.25, 0.3) is 0 Å². The molecule has 1 fully saturated rings. The van der Waals surface area contributed by atoms with Crippen LogP contribution in [0.15, 0.2) is 12.4 Å². The highest BCUT2D eigenvalue weighted by Crippen LogP contribution is 2.25. The van der Waals surface area contributed by atoms with E-state index in [1.165, 1.54) is 11.8 Å². The maximum Gasteiger partial charge on any atom is 0.211 e. The molecule has 5 nitrogen and oxygen atoms in total. The van der Waals surface area contributed by atoms with Gasteiger partial charge in [0, 0.05) is 19.3 Å². The summed E-state index contributed by atoms with van der Waals surface area (Å²) in [6, 6.07) is 0.321. The third-order valence-corrected chi connectivity index (χ3v) is 4.96. The highest BCUT2D eigenvalue weighted by molar-refractivity contribution is 7.88. The van der Waals surface area contributed by atoms with Crippen LogP contribution in [0.25, 0.3) is 0 Å². The van der Waals surface area contributed by atoms with E-state index < -0.39 is 10.0 Å². The molecular formula is C14H25N3O2S. The largest absolute Gasteiger partial charge is 0.269 e. The van der Waals surface area contributed by atoms with Crippen molar-refractivity contribution >= 4 is 10.0 Å². The molecule has 0 atom stereocenters. The zero-order chi connectivity index (χ0) is 15.0. The molecule has 0 aromatic carbocycles. The molecule has 0 saturated carbocycles. The van der Waals surface area contributed by atoms with Gasteiger partial charge >= 0.3 is 0 Å². The molecule has 0 amide bonds. The van der Waals surface area contributed by atoms with E-state index in [9.17, 15) is 8.42 Å². The number of hydrogen-bond donors (Lipinski definition) is 0. The molecule has 2 rings (SSSR count). The molecule has 1 saturated heterocycles. The molecule has 1 aliphatic heterocycles. The molecule has 0 aliphatic carbocycles. The topological polar surface area (TPSA) is 55.2 Å². The summed E-state index contributed by atoms with van der Waals surface area (Å²) in [6.45, 7) is 7.84. The van der Waals surface area contributed by atoms with Crippen LogP contribution in [-0.4, -0.2) is 41.8 Å². The van der Waals surface area contributed by atoms with Gasteiger partial charge in [0.15, 0.2) is 0 Å². The Labute approximate surface area is 122 Å². The van der Waals surface area contributed by atoms with E-state index in [1.807, 2.05) is 10.9 Å². The molecule has 0 spiro atoms. The summed E-state index contributed by atoms with van der Waals surface area (Å²) in [4.78, 5) is 0. The predicted molar refractivity (Wildman–Crippen MR) is 80.1 cm³/mol. The Morgan fingerprint density at radius 3 is 2.40 bits per heavy atom. The monoisotopic (exact) mass is 299 g/mol. The number of rotatable bonds is 3. The summed E-state index contributed by atoms with van der Waals surface area (Å²) >= 11 is 0. The second-order valence-corrected chi connectivity index (χ2v) is 8.94. The number of nitrogens with zero attached hydrogens (tertiary/aromatic N) is 3. The van der Waals surface area contributed by atoms with E-state index >= 15 is 0 Å². The first kappa shape index (κ1) is 15.5. The summed E-state index contributed by atoms with van der Waals surface area (Å²) in [7, 11) is -3.05. The van der Waals surface area contributed by atoms with Gasteiger partial charge in [-0.05, 0) is 30.2 Å². The van der Waals surface area contributed by atoms with Crippen molar-refractivity contribution in [3.8, 4) is 0 Å². The van der Waals surface area contributed by atoms with Crippen molar-refractivity contribution in [2.75, 3.05) is 19.3 Å². The van der Waals surface area contributed by atoms with Gasteiger partial charge in [-0.25, -0.2) is 12.7 Å². The van der Waals surface area contributed by atoms with E-state index in [4.69, 9.17) is 0 Å². The van der Waals surface area contributed by atoms with Gasteiger partial charge in [0.1, 0.15) is 0 Å². The van der Waals surface area contributed by atoms with Crippen LogP contribution >= 0.6 is 0 Å². The molecule has 0 radical (unpaired) electrons. The Balaban J connectivity index is 1.98. The Hall–Kier alpha value is -0.880. The van der Waals surface area contributed by atoms with Crippen molar-refractivity contribution in [3.05, 3.63) is 18.0 Å². The fourth-order valence-electron chi connectivity index (χ4n) is 2.72. The maximum atomic E-state index is 11.5. The lowest BCUT2D eigenvalue weighted by Crippen LogP contribution is -2.38. The fraction of sp³-hybridized carbons (Fsp3) is 0.786. The quantitative estimate of drug-likeness (QED) is 0.858. The minimum Gasteiger partial charge on any atom is -0.269 e. The minimum atomic E-state index is -3.05. The number of piperidine rings is 1. The van der Waals surface area contributed by atoms with Gasteiger partial charge in [-0.15, -0.1) is 0 Å². The SMILES string of the molecule is CC(C)(C)Cc1cnn(C2CCN(S(C)(=O)=O)CC2)c1. The van der Waals surface area contributed by atoms with E-state index in [0.717, 1.165) is 19.3 Å². The zero-order valence-corrected chi connectivity index (χ0v) is 13.7. The van der Waals surface area contributed by atoms with Crippen molar-refractivity contribution < 1.29 is 8.42 Å². The summed E-state index contributed by atoms with van der Waals surface area (Å²) in [5.41, 5.74) is 1.51. The van der Waals surface area contributed by atoms with E-state index in [-0.39, 0.29) is 5.41 Å². The molecular weight excluding hydrogens is 274 g/mol. The molecule has 0 bridgehead atoms. The molecule has 1 aromatic rings. The molecule has 20 heavy (non-hydrogen) atoms. The van der Waals surface area contributed by atoms with E-state index in [0.29, 0.717) is 19.1 Å². The van der Waals surface area contributed by atoms with Crippen molar-refractivity contribution in [1.82, 2.24) is 14.1 Å². The smallest absolute Gasteiger partial charge is 0.211 e. The Morgan fingerprint density at radius 1 is 1.30 bits per heavy atom. The van der Waals surface area contributed by atoms with Crippen molar-refractivity contribution in [2.45, 2.75) is 46.1 Å². The molecule has 2 heterocycles. The first-order valence-electron chi connectivity index (χ1n) is 7.13. The average molecular weight is 299 g/mol. The second kappa shape index (κ2) is 5.48. The maximum absolute atomic E-state index is 11.5. The summed E-state index contributed by atoms with van der Waals surface area (Å²) < 4.78 is 26.6. The Kier molecular flexibility index (Phi) is 4.25. The Morgan fingerprint density at radius 2 is 1.90 bits per heavy atom. The lowest BCUT2D eigenvalue weighted by Gasteiger charge is -2.30. The van der Waals surface area contributed by atoms with Gasteiger partial charge in [-0.3, -0.25) is 4.68 Å². The molecule has 1 aliphatic rings. The van der Waals surface area contributed by atoms with Gasteiger partial charge in [0.05, 0.1) is 18.5 Å². The van der Waals surface area contributed by atoms with Crippen LogP contribution in [0.5, 0.6) is 0 Å². The van der Waals surface area contributed by atoms with Crippen LogP contribution in [0.2, 0.25) is 0 Å². The average Bonchev–Trinajstić information content (AvgIpc) is 2.74. The third-order valence-electron chi connectivity index (χ3n) is 3.66. The fourth-order valence-corrected chi connectivity index (χ4v) is 3.59. The number of sulfonamides is 1. The highest BCUT2D eigenvalue weighted by Gasteiger charge is 2.26. The summed E-state index contributed by atoms with van der Waals surface area (Å²) in [5.74, 6) is 0. The predicted octanol–water partition coefficient (Wildman–Crippen LogP) is 2.07. The van der Waals surface area contributed by atoms with E-state index in [1.54, 1.807) is 4.31 Å². The van der Waals surface area contributed by atoms with Crippen molar-refractivity contribution in [3.63, 3.8) is 0 Å². The van der Waals surface area contributed by atoms with Crippen molar-refractivity contribution in [1.29, 1.82) is 0 Å². The summed E-state index contributed by atoms with van der Waals surface area (Å²) in [5, 5.41) is 4.46. The van der Waals surface area contributed by atoms with E-state index in [2.05, 4.69) is 32.1 Å². The normalized spacial score (nSPS) is 19.4. The minimum absolute atomic E-state index is 0.257. The molecule has 0 unspecified atom stereocenters. The molecule has 114 valence electrons. The lowest BCUT2D eigenvalue weighted by atomic mass is 9.89. The van der Waals surface area contributed by atoms with Gasteiger partial charge < -0.3 is 0 Å². The van der Waals surface area contributed by atoms with Crippen molar-refractivity contribution in [2.24, 2.45) is 5.41 Å². The molecule has 1 aromatic heterocycles. The summed E-state index contributed by atoms with van der Waals surface area (Å²) in [6.07, 6.45) is 8.02. The van der Waals surface area contributed by atoms with Crippen LogP contribution in [0.1, 0.15) is 45.2 Å². The van der Waals surface area contributed by atoms with Crippen LogP contribution in [0.3, 0.4) is 0 Å². The van der Waals surface area contributed by atoms with Crippen LogP contribution in [0.4, 0.5) is 0 Å². The lowest BCUT2D eigenvalue weighted by molar-refractivity contribution is 0.262. The van der Waals surface area contributed by atoms with Crippen LogP contribution in [0, 0.1) is 5.41 Å². The van der Waals surface area contributed by atoms with Gasteiger partial charge in [-0.2, -0.15) is 5.10 Å². The van der Waals surface area contributed by atoms with Crippen LogP contribution in [-0.2, 0) is 16.4 Å². The van der Waals surface area contributed by atoms with Gasteiger partial charge in [-0.1, -0.05) is 20.8 Å². The second-order valence-electron chi connectivity index (χ2n) is 6.96. The molecule has 6 heteroatoms. The highest BCUT2D eigenvalue weighted by atomic mass is 32.2. The molecule has 0 N–H and O–H groups in total. The first-order valence-corrected chi connectivity index (χ1v) is 8.98.